The molecule has 1 heterocycles. The van der Waals surface area contributed by atoms with Crippen LogP contribution in [0, 0.1) is 0 Å². The van der Waals surface area contributed by atoms with E-state index in [1.54, 1.807) is 4.90 Å². The maximum absolute atomic E-state index is 12.1. The maximum Gasteiger partial charge on any atom is 0.410 e. The van der Waals surface area contributed by atoms with Crippen molar-refractivity contribution >= 4 is 12.0 Å². The van der Waals surface area contributed by atoms with E-state index in [9.17, 15) is 9.59 Å². The second-order valence-electron chi connectivity index (χ2n) is 6.87. The first kappa shape index (κ1) is 15.1. The Balaban J connectivity index is 2.05. The van der Waals surface area contributed by atoms with Gasteiger partial charge in [0.1, 0.15) is 11.1 Å². The smallest absolute Gasteiger partial charge is 0.410 e. The highest BCUT2D eigenvalue weighted by Gasteiger charge is 2.45. The first-order valence-electron chi connectivity index (χ1n) is 7.27. The van der Waals surface area contributed by atoms with Gasteiger partial charge < -0.3 is 15.4 Å². The van der Waals surface area contributed by atoms with Gasteiger partial charge in [-0.05, 0) is 46.5 Å². The molecule has 6 nitrogen and oxygen atoms in total. The van der Waals surface area contributed by atoms with Gasteiger partial charge in [-0.1, -0.05) is 0 Å². The van der Waals surface area contributed by atoms with Gasteiger partial charge in [0.05, 0.1) is 6.54 Å². The van der Waals surface area contributed by atoms with Crippen LogP contribution in [0.3, 0.4) is 0 Å². The van der Waals surface area contributed by atoms with Gasteiger partial charge >= 0.3 is 6.09 Å². The molecule has 0 aromatic heterocycles. The van der Waals surface area contributed by atoms with Crippen LogP contribution in [0.1, 0.15) is 46.5 Å². The maximum atomic E-state index is 12.1. The van der Waals surface area contributed by atoms with E-state index in [1.807, 2.05) is 20.8 Å². The van der Waals surface area contributed by atoms with Gasteiger partial charge in [-0.3, -0.25) is 10.1 Å². The number of ether oxygens (including phenoxy) is 1. The minimum atomic E-state index is -0.795. The third-order valence-corrected chi connectivity index (χ3v) is 3.67. The van der Waals surface area contributed by atoms with Crippen LogP contribution in [0.2, 0.25) is 0 Å². The van der Waals surface area contributed by atoms with Crippen LogP contribution in [0.5, 0.6) is 0 Å². The van der Waals surface area contributed by atoms with Crippen molar-refractivity contribution in [2.75, 3.05) is 13.1 Å². The SMILES string of the molecule is CC(C)(C)OC(=O)N1CCCC(NC2CC2)(C(N)=O)C1. The van der Waals surface area contributed by atoms with E-state index in [2.05, 4.69) is 5.32 Å². The van der Waals surface area contributed by atoms with E-state index in [1.165, 1.54) is 0 Å². The molecule has 1 saturated heterocycles. The number of likely N-dealkylation sites (tertiary alicyclic amines) is 1. The number of nitrogens with two attached hydrogens (primary N) is 1. The summed E-state index contributed by atoms with van der Waals surface area (Å²) in [6, 6.07) is 0.362. The zero-order valence-electron chi connectivity index (χ0n) is 12.6. The van der Waals surface area contributed by atoms with Gasteiger partial charge in [-0.25, -0.2) is 4.79 Å². The molecule has 1 unspecified atom stereocenters. The molecule has 0 aromatic carbocycles. The molecular weight excluding hydrogens is 258 g/mol. The van der Waals surface area contributed by atoms with Gasteiger partial charge in [0.2, 0.25) is 5.91 Å². The standard InChI is InChI=1S/C14H25N3O3/c1-13(2,3)20-12(19)17-8-4-7-14(9-17,11(15)18)16-10-5-6-10/h10,16H,4-9H2,1-3H3,(H2,15,18). The number of carbonyl (C=O) groups excluding carboxylic acids is 2. The van der Waals surface area contributed by atoms with Gasteiger partial charge in [0, 0.05) is 12.6 Å². The lowest BCUT2D eigenvalue weighted by molar-refractivity contribution is -0.126. The monoisotopic (exact) mass is 283 g/mol. The van der Waals surface area contributed by atoms with Crippen molar-refractivity contribution in [2.24, 2.45) is 5.73 Å². The van der Waals surface area contributed by atoms with E-state index in [4.69, 9.17) is 10.5 Å². The van der Waals surface area contributed by atoms with E-state index in [0.717, 1.165) is 19.3 Å². The average molecular weight is 283 g/mol. The van der Waals surface area contributed by atoms with Crippen LogP contribution in [0.25, 0.3) is 0 Å². The molecule has 2 aliphatic rings. The molecule has 0 radical (unpaired) electrons. The summed E-state index contributed by atoms with van der Waals surface area (Å²) in [5, 5.41) is 3.33. The lowest BCUT2D eigenvalue weighted by atomic mass is 9.88. The topological polar surface area (TPSA) is 84.7 Å². The number of primary amides is 1. The second-order valence-corrected chi connectivity index (χ2v) is 6.87. The summed E-state index contributed by atoms with van der Waals surface area (Å²) in [5.74, 6) is -0.377. The number of nitrogens with zero attached hydrogens (tertiary/aromatic N) is 1. The molecule has 0 bridgehead atoms. The zero-order valence-corrected chi connectivity index (χ0v) is 12.6. The molecule has 3 N–H and O–H groups in total. The number of hydrogen-bond donors (Lipinski definition) is 2. The molecule has 2 rings (SSSR count). The molecule has 1 aliphatic heterocycles. The van der Waals surface area contributed by atoms with E-state index in [0.29, 0.717) is 25.6 Å². The normalized spacial score (nSPS) is 27.2. The number of piperidine rings is 1. The van der Waals surface area contributed by atoms with Crippen LogP contribution < -0.4 is 11.1 Å². The molecule has 2 amide bonds. The Morgan fingerprint density at radius 1 is 1.35 bits per heavy atom. The van der Waals surface area contributed by atoms with E-state index < -0.39 is 11.1 Å². The Morgan fingerprint density at radius 2 is 2.00 bits per heavy atom. The molecule has 6 heteroatoms. The molecule has 1 atom stereocenters. The van der Waals surface area contributed by atoms with E-state index >= 15 is 0 Å². The minimum absolute atomic E-state index is 0.299. The zero-order chi connectivity index (χ0) is 15.0. The first-order valence-corrected chi connectivity index (χ1v) is 7.27. The molecule has 1 aliphatic carbocycles. The number of nitrogens with one attached hydrogen (secondary N) is 1. The van der Waals surface area contributed by atoms with E-state index in [-0.39, 0.29) is 12.0 Å². The fourth-order valence-corrected chi connectivity index (χ4v) is 2.55. The second kappa shape index (κ2) is 5.24. The summed E-state index contributed by atoms with van der Waals surface area (Å²) >= 11 is 0. The van der Waals surface area contributed by atoms with Crippen LogP contribution in [-0.2, 0) is 9.53 Å². The van der Waals surface area contributed by atoms with Crippen molar-refractivity contribution in [3.63, 3.8) is 0 Å². The molecular formula is C14H25N3O3. The number of carbonyl (C=O) groups is 2. The number of amides is 2. The Bertz CT molecular complexity index is 401. The van der Waals surface area contributed by atoms with Gasteiger partial charge in [-0.2, -0.15) is 0 Å². The summed E-state index contributed by atoms with van der Waals surface area (Å²) in [6.45, 7) is 6.40. The lowest BCUT2D eigenvalue weighted by Gasteiger charge is -2.41. The molecule has 2 fully saturated rings. The average Bonchev–Trinajstić information content (AvgIpc) is 3.10. The van der Waals surface area contributed by atoms with Crippen LogP contribution in [0.4, 0.5) is 4.79 Å². The van der Waals surface area contributed by atoms with Crippen molar-refractivity contribution in [1.29, 1.82) is 0 Å². The Hall–Kier alpha value is -1.30. The lowest BCUT2D eigenvalue weighted by Crippen LogP contribution is -2.65. The van der Waals surface area contributed by atoms with Crippen molar-refractivity contribution in [3.05, 3.63) is 0 Å². The van der Waals surface area contributed by atoms with Gasteiger partial charge in [-0.15, -0.1) is 0 Å². The first-order chi connectivity index (χ1) is 9.22. The molecule has 1 saturated carbocycles. The highest BCUT2D eigenvalue weighted by atomic mass is 16.6. The summed E-state index contributed by atoms with van der Waals surface area (Å²) in [6.07, 6.45) is 3.20. The Labute approximate surface area is 120 Å². The molecule has 20 heavy (non-hydrogen) atoms. The van der Waals surface area contributed by atoms with Gasteiger partial charge in [0.25, 0.3) is 0 Å². The van der Waals surface area contributed by atoms with Gasteiger partial charge in [0.15, 0.2) is 0 Å². The molecule has 0 aromatic rings. The quantitative estimate of drug-likeness (QED) is 0.809. The number of rotatable bonds is 3. The Morgan fingerprint density at radius 3 is 2.50 bits per heavy atom. The minimum Gasteiger partial charge on any atom is -0.444 e. The fraction of sp³-hybridized carbons (Fsp3) is 0.857. The highest BCUT2D eigenvalue weighted by Crippen LogP contribution is 2.28. The van der Waals surface area contributed by atoms with Crippen LogP contribution >= 0.6 is 0 Å². The summed E-state index contributed by atoms with van der Waals surface area (Å²) in [7, 11) is 0. The summed E-state index contributed by atoms with van der Waals surface area (Å²) in [5.41, 5.74) is 4.26. The van der Waals surface area contributed by atoms with Crippen molar-refractivity contribution in [1.82, 2.24) is 10.2 Å². The number of hydrogen-bond acceptors (Lipinski definition) is 4. The predicted molar refractivity (Wildman–Crippen MR) is 75.1 cm³/mol. The summed E-state index contributed by atoms with van der Waals surface area (Å²) in [4.78, 5) is 25.6. The molecule has 0 spiro atoms. The molecule has 114 valence electrons. The van der Waals surface area contributed by atoms with Crippen molar-refractivity contribution < 1.29 is 14.3 Å². The largest absolute Gasteiger partial charge is 0.444 e. The van der Waals surface area contributed by atoms with Crippen molar-refractivity contribution in [3.8, 4) is 0 Å². The fourth-order valence-electron chi connectivity index (χ4n) is 2.55. The van der Waals surface area contributed by atoms with Crippen molar-refractivity contribution in [2.45, 2.75) is 63.6 Å². The third kappa shape index (κ3) is 3.62. The summed E-state index contributed by atoms with van der Waals surface area (Å²) < 4.78 is 5.38. The predicted octanol–water partition coefficient (Wildman–Crippen LogP) is 0.993. The highest BCUT2D eigenvalue weighted by molar-refractivity contribution is 5.86. The van der Waals surface area contributed by atoms with Crippen LogP contribution in [-0.4, -0.2) is 47.2 Å². The Kier molecular flexibility index (Phi) is 3.95. The third-order valence-electron chi connectivity index (χ3n) is 3.67. The van der Waals surface area contributed by atoms with Crippen LogP contribution in [0.15, 0.2) is 0 Å².